The summed E-state index contributed by atoms with van der Waals surface area (Å²) >= 11 is 3.47. The molecule has 2 aromatic rings. The number of ether oxygens (including phenoxy) is 1. The summed E-state index contributed by atoms with van der Waals surface area (Å²) in [5.41, 5.74) is 1.44. The highest BCUT2D eigenvalue weighted by Crippen LogP contribution is 2.48. The van der Waals surface area contributed by atoms with Gasteiger partial charge in [-0.2, -0.15) is 0 Å². The van der Waals surface area contributed by atoms with Crippen molar-refractivity contribution in [3.8, 4) is 5.75 Å². The lowest BCUT2D eigenvalue weighted by Gasteiger charge is -2.45. The van der Waals surface area contributed by atoms with E-state index < -0.39 is 11.5 Å². The van der Waals surface area contributed by atoms with Crippen LogP contribution in [0.25, 0.3) is 0 Å². The fourth-order valence-corrected chi connectivity index (χ4v) is 5.72. The number of nitrogens with zero attached hydrogens (tertiary/aromatic N) is 1. The lowest BCUT2D eigenvalue weighted by molar-refractivity contribution is -0.131. The van der Waals surface area contributed by atoms with Crippen molar-refractivity contribution in [2.24, 2.45) is 5.92 Å². The van der Waals surface area contributed by atoms with Crippen molar-refractivity contribution in [3.05, 3.63) is 64.1 Å². The maximum Gasteiger partial charge on any atom is 0.243 e. The van der Waals surface area contributed by atoms with Crippen molar-refractivity contribution in [1.82, 2.24) is 15.5 Å². The van der Waals surface area contributed by atoms with Crippen molar-refractivity contribution < 1.29 is 14.3 Å². The third-order valence-electron chi connectivity index (χ3n) is 7.79. The predicted molar refractivity (Wildman–Crippen MR) is 135 cm³/mol. The number of hydrogen-bond acceptors (Lipinski definition) is 4. The molecule has 4 aliphatic rings. The SMILES string of the molecule is COc1ccc(C2(C(=O)NC(Cc3ccc(Br)cc3)C(=O)N[C@H]3CN4CCC3CC4)CC2)cc1. The smallest absolute Gasteiger partial charge is 0.243 e. The fourth-order valence-electron chi connectivity index (χ4n) is 5.46. The van der Waals surface area contributed by atoms with Gasteiger partial charge in [0.15, 0.2) is 0 Å². The second kappa shape index (κ2) is 9.70. The third-order valence-corrected chi connectivity index (χ3v) is 8.31. The van der Waals surface area contributed by atoms with Gasteiger partial charge in [-0.05, 0) is 80.1 Å². The van der Waals surface area contributed by atoms with Crippen molar-refractivity contribution in [2.45, 2.75) is 49.6 Å². The van der Waals surface area contributed by atoms with Crippen LogP contribution in [0.15, 0.2) is 53.0 Å². The number of rotatable bonds is 8. The Morgan fingerprint density at radius 3 is 2.32 bits per heavy atom. The molecule has 2 amide bonds. The molecule has 3 aliphatic heterocycles. The number of amides is 2. The maximum absolute atomic E-state index is 13.5. The van der Waals surface area contributed by atoms with Gasteiger partial charge in [0.05, 0.1) is 12.5 Å². The van der Waals surface area contributed by atoms with Crippen LogP contribution in [0.2, 0.25) is 0 Å². The quantitative estimate of drug-likeness (QED) is 0.553. The molecule has 1 unspecified atom stereocenters. The molecule has 2 atom stereocenters. The van der Waals surface area contributed by atoms with Gasteiger partial charge in [0.2, 0.25) is 11.8 Å². The number of carbonyl (C=O) groups excluding carboxylic acids is 2. The third kappa shape index (κ3) is 4.86. The Balaban J connectivity index is 1.32. The van der Waals surface area contributed by atoms with Crippen LogP contribution in [0.3, 0.4) is 0 Å². The second-order valence-electron chi connectivity index (χ2n) is 9.92. The fraction of sp³-hybridized carbons (Fsp3) is 0.481. The Morgan fingerprint density at radius 2 is 1.76 bits per heavy atom. The minimum Gasteiger partial charge on any atom is -0.497 e. The number of hydrogen-bond donors (Lipinski definition) is 2. The molecule has 2 aromatic carbocycles. The first-order valence-electron chi connectivity index (χ1n) is 12.2. The molecule has 3 saturated heterocycles. The molecule has 7 heteroatoms. The van der Waals surface area contributed by atoms with Gasteiger partial charge in [-0.1, -0.05) is 40.2 Å². The van der Waals surface area contributed by atoms with Crippen LogP contribution in [0, 0.1) is 5.92 Å². The number of halogens is 1. The summed E-state index contributed by atoms with van der Waals surface area (Å²) < 4.78 is 6.26. The molecule has 2 N–H and O–H groups in total. The minimum absolute atomic E-state index is 0.0659. The Labute approximate surface area is 209 Å². The molecule has 0 aromatic heterocycles. The molecule has 34 heavy (non-hydrogen) atoms. The van der Waals surface area contributed by atoms with E-state index in [2.05, 4.69) is 31.5 Å². The van der Waals surface area contributed by atoms with E-state index in [0.717, 1.165) is 66.7 Å². The van der Waals surface area contributed by atoms with E-state index in [0.29, 0.717) is 12.3 Å². The lowest BCUT2D eigenvalue weighted by atomic mass is 9.84. The van der Waals surface area contributed by atoms with Gasteiger partial charge in [-0.3, -0.25) is 9.59 Å². The molecular weight excluding hydrogens is 494 g/mol. The molecule has 3 heterocycles. The normalized spacial score (nSPS) is 25.3. The first kappa shape index (κ1) is 23.4. The van der Waals surface area contributed by atoms with Crippen molar-refractivity contribution in [2.75, 3.05) is 26.7 Å². The average Bonchev–Trinajstić information content (AvgIpc) is 3.68. The van der Waals surface area contributed by atoms with Gasteiger partial charge in [-0.15, -0.1) is 0 Å². The van der Waals surface area contributed by atoms with Crippen molar-refractivity contribution >= 4 is 27.7 Å². The van der Waals surface area contributed by atoms with Crippen LogP contribution in [0.5, 0.6) is 5.75 Å². The van der Waals surface area contributed by atoms with E-state index in [9.17, 15) is 9.59 Å². The van der Waals surface area contributed by atoms with Crippen LogP contribution < -0.4 is 15.4 Å². The molecule has 0 spiro atoms. The van der Waals surface area contributed by atoms with Crippen molar-refractivity contribution in [3.63, 3.8) is 0 Å². The molecule has 4 fully saturated rings. The summed E-state index contributed by atoms with van der Waals surface area (Å²) in [4.78, 5) is 29.4. The summed E-state index contributed by atoms with van der Waals surface area (Å²) in [7, 11) is 1.63. The molecule has 0 radical (unpaired) electrons. The zero-order chi connectivity index (χ0) is 23.7. The number of benzene rings is 2. The second-order valence-corrected chi connectivity index (χ2v) is 10.8. The van der Waals surface area contributed by atoms with E-state index >= 15 is 0 Å². The van der Waals surface area contributed by atoms with Crippen LogP contribution in [0.1, 0.15) is 36.8 Å². The van der Waals surface area contributed by atoms with Gasteiger partial charge < -0.3 is 20.3 Å². The Morgan fingerprint density at radius 1 is 1.09 bits per heavy atom. The van der Waals surface area contributed by atoms with E-state index in [-0.39, 0.29) is 17.9 Å². The number of carbonyl (C=O) groups is 2. The molecular formula is C27H32BrN3O3. The highest BCUT2D eigenvalue weighted by atomic mass is 79.9. The number of piperidine rings is 3. The topological polar surface area (TPSA) is 70.7 Å². The first-order valence-corrected chi connectivity index (χ1v) is 13.0. The highest BCUT2D eigenvalue weighted by molar-refractivity contribution is 9.10. The van der Waals surface area contributed by atoms with E-state index in [1.54, 1.807) is 7.11 Å². The summed E-state index contributed by atoms with van der Waals surface area (Å²) in [5.74, 6) is 1.15. The average molecular weight is 526 g/mol. The highest BCUT2D eigenvalue weighted by Gasteiger charge is 2.52. The molecule has 180 valence electrons. The number of methoxy groups -OCH3 is 1. The summed E-state index contributed by atoms with van der Waals surface area (Å²) in [5, 5.41) is 6.43. The Hall–Kier alpha value is -2.38. The van der Waals surface area contributed by atoms with Crippen LogP contribution >= 0.6 is 15.9 Å². The monoisotopic (exact) mass is 525 g/mol. The Bertz CT molecular complexity index is 1030. The summed E-state index contributed by atoms with van der Waals surface area (Å²) in [6.45, 7) is 3.16. The van der Waals surface area contributed by atoms with Crippen LogP contribution in [-0.4, -0.2) is 55.5 Å². The van der Waals surface area contributed by atoms with Gasteiger partial charge in [-0.25, -0.2) is 0 Å². The summed E-state index contributed by atoms with van der Waals surface area (Å²) in [6.07, 6.45) is 4.31. The zero-order valence-corrected chi connectivity index (χ0v) is 21.1. The number of nitrogens with one attached hydrogen (secondary N) is 2. The molecule has 1 aliphatic carbocycles. The lowest BCUT2D eigenvalue weighted by Crippen LogP contribution is -2.60. The minimum atomic E-state index is -0.611. The van der Waals surface area contributed by atoms with E-state index in [4.69, 9.17) is 4.74 Å². The van der Waals surface area contributed by atoms with E-state index in [1.165, 1.54) is 0 Å². The molecule has 1 saturated carbocycles. The summed E-state index contributed by atoms with van der Waals surface area (Å²) in [6, 6.07) is 15.2. The van der Waals surface area contributed by atoms with Crippen LogP contribution in [0.4, 0.5) is 0 Å². The largest absolute Gasteiger partial charge is 0.497 e. The maximum atomic E-state index is 13.5. The van der Waals surface area contributed by atoms with Gasteiger partial charge >= 0.3 is 0 Å². The molecule has 2 bridgehead atoms. The van der Waals surface area contributed by atoms with Gasteiger partial charge in [0.25, 0.3) is 0 Å². The van der Waals surface area contributed by atoms with Gasteiger partial charge in [0, 0.05) is 23.5 Å². The first-order chi connectivity index (χ1) is 16.5. The van der Waals surface area contributed by atoms with E-state index in [1.807, 2.05) is 48.5 Å². The van der Waals surface area contributed by atoms with Gasteiger partial charge in [0.1, 0.15) is 11.8 Å². The van der Waals surface area contributed by atoms with Crippen molar-refractivity contribution in [1.29, 1.82) is 0 Å². The van der Waals surface area contributed by atoms with Crippen LogP contribution in [-0.2, 0) is 21.4 Å². The molecule has 6 rings (SSSR count). The zero-order valence-electron chi connectivity index (χ0n) is 19.6. The predicted octanol–water partition coefficient (Wildman–Crippen LogP) is 3.43. The Kier molecular flexibility index (Phi) is 6.67. The number of fused-ring (bicyclic) bond motifs is 3. The molecule has 6 nitrogen and oxygen atoms in total. The standard InChI is InChI=1S/C27H32BrN3O3/c1-34-22-8-4-20(5-9-22)27(12-13-27)26(33)30-23(16-18-2-6-21(28)7-3-18)25(32)29-24-17-31-14-10-19(24)11-15-31/h2-9,19,23-24H,10-17H2,1H3,(H,29,32)(H,30,33)/t23?,24-/m0/s1.